The number of carboxylic acids is 2. The van der Waals surface area contributed by atoms with Crippen molar-refractivity contribution in [1.29, 1.82) is 0 Å². The van der Waals surface area contributed by atoms with Gasteiger partial charge < -0.3 is 14.7 Å². The first-order valence-electron chi connectivity index (χ1n) is 11.9. The van der Waals surface area contributed by atoms with Crippen molar-refractivity contribution in [2.45, 2.75) is 69.1 Å². The van der Waals surface area contributed by atoms with Crippen LogP contribution in [0.4, 0.5) is 0 Å². The number of hydrogen-bond donors (Lipinski definition) is 2. The van der Waals surface area contributed by atoms with Gasteiger partial charge in [-0.2, -0.15) is 0 Å². The van der Waals surface area contributed by atoms with Crippen molar-refractivity contribution in [3.05, 3.63) is 59.7 Å². The molecule has 0 spiro atoms. The fourth-order valence-electron chi connectivity index (χ4n) is 3.54. The van der Waals surface area contributed by atoms with E-state index in [4.69, 9.17) is 10.2 Å². The normalized spacial score (nSPS) is 10.9. The van der Waals surface area contributed by atoms with Crippen molar-refractivity contribution in [2.75, 3.05) is 26.7 Å². The molecule has 33 heavy (non-hydrogen) atoms. The average molecular weight is 475 g/mol. The molecule has 2 aromatic carbocycles. The molecule has 6 heteroatoms. The van der Waals surface area contributed by atoms with Crippen LogP contribution in [0.5, 0.6) is 0 Å². The van der Waals surface area contributed by atoms with Gasteiger partial charge in [0.05, 0.1) is 37.8 Å². The minimum Gasteiger partial charge on any atom is -0.478 e. The summed E-state index contributed by atoms with van der Waals surface area (Å²) >= 11 is 1.14. The molecular formula is C27H40NO4S+. The summed E-state index contributed by atoms with van der Waals surface area (Å²) in [4.78, 5) is 23.2. The number of carboxylic acid groups (broad SMARTS) is 2. The van der Waals surface area contributed by atoms with E-state index < -0.39 is 11.9 Å². The molecule has 0 aliphatic carbocycles. The highest BCUT2D eigenvalue weighted by atomic mass is 32.2. The van der Waals surface area contributed by atoms with E-state index in [2.05, 4.69) is 27.8 Å². The monoisotopic (exact) mass is 474 g/mol. The first-order valence-corrected chi connectivity index (χ1v) is 12.8. The van der Waals surface area contributed by atoms with Crippen molar-refractivity contribution < 1.29 is 24.3 Å². The quantitative estimate of drug-likeness (QED) is 0.304. The molecule has 0 unspecified atom stereocenters. The number of aromatic carboxylic acids is 2. The molecule has 0 fully saturated rings. The Hall–Kier alpha value is -2.31. The molecule has 0 heterocycles. The van der Waals surface area contributed by atoms with E-state index in [1.807, 2.05) is 0 Å². The van der Waals surface area contributed by atoms with Gasteiger partial charge in [0.15, 0.2) is 0 Å². The predicted molar refractivity (Wildman–Crippen MR) is 136 cm³/mol. The lowest BCUT2D eigenvalue weighted by molar-refractivity contribution is -0.910. The number of hydrogen-bond acceptors (Lipinski definition) is 3. The van der Waals surface area contributed by atoms with Crippen LogP contribution in [0.2, 0.25) is 0 Å². The fourth-order valence-corrected chi connectivity index (χ4v) is 4.60. The van der Waals surface area contributed by atoms with Gasteiger partial charge in [-0.05, 0) is 43.5 Å². The van der Waals surface area contributed by atoms with Crippen molar-refractivity contribution in [2.24, 2.45) is 0 Å². The molecule has 0 aliphatic heterocycles. The number of nitrogens with zero attached hydrogens (tertiary/aromatic N) is 1. The van der Waals surface area contributed by atoms with E-state index in [1.165, 1.54) is 74.8 Å². The first-order chi connectivity index (χ1) is 15.8. The van der Waals surface area contributed by atoms with Crippen molar-refractivity contribution in [3.63, 3.8) is 0 Å². The average Bonchev–Trinajstić information content (AvgIpc) is 2.81. The van der Waals surface area contributed by atoms with E-state index in [0.29, 0.717) is 9.79 Å². The Bertz CT molecular complexity index is 791. The maximum absolute atomic E-state index is 11.1. The molecule has 0 radical (unpaired) electrons. The van der Waals surface area contributed by atoms with Gasteiger partial charge >= 0.3 is 11.9 Å². The lowest BCUT2D eigenvalue weighted by Crippen LogP contribution is -2.46. The summed E-state index contributed by atoms with van der Waals surface area (Å²) in [6.45, 7) is 11.0. The van der Waals surface area contributed by atoms with Gasteiger partial charge in [-0.25, -0.2) is 9.59 Å². The second-order valence-electron chi connectivity index (χ2n) is 8.56. The van der Waals surface area contributed by atoms with Crippen LogP contribution in [0.1, 0.15) is 80.0 Å². The van der Waals surface area contributed by atoms with Crippen LogP contribution >= 0.6 is 11.8 Å². The van der Waals surface area contributed by atoms with Crippen LogP contribution in [0.15, 0.2) is 58.3 Å². The molecule has 182 valence electrons. The molecule has 0 aromatic heterocycles. The smallest absolute Gasteiger partial charge is 0.336 e. The third kappa shape index (κ3) is 10.4. The van der Waals surface area contributed by atoms with Crippen LogP contribution in [-0.4, -0.2) is 53.3 Å². The molecule has 2 rings (SSSR count). The Morgan fingerprint density at radius 3 is 1.33 bits per heavy atom. The van der Waals surface area contributed by atoms with Crippen LogP contribution in [0, 0.1) is 0 Å². The van der Waals surface area contributed by atoms with E-state index in [-0.39, 0.29) is 11.1 Å². The largest absolute Gasteiger partial charge is 0.478 e. The first kappa shape index (κ1) is 28.7. The molecule has 0 atom stereocenters. The standard InChI is InChI=1S/C14H10O4S.C13H30N/c15-13(16)9-5-1-3-7-11(9)19-12-8-4-2-6-10(12)14(17)18;1-5-8-11-14(4,12-9-6-2)13-10-7-3/h1-8H,(H,15,16)(H,17,18);5-13H2,1-4H3/q;+1. The van der Waals surface area contributed by atoms with Crippen LogP contribution in [0.25, 0.3) is 0 Å². The molecule has 5 nitrogen and oxygen atoms in total. The highest BCUT2D eigenvalue weighted by molar-refractivity contribution is 7.99. The summed E-state index contributed by atoms with van der Waals surface area (Å²) in [6.07, 6.45) is 8.20. The second-order valence-corrected chi connectivity index (χ2v) is 9.64. The molecular weight excluding hydrogens is 434 g/mol. The number of carbonyl (C=O) groups is 2. The zero-order valence-corrected chi connectivity index (χ0v) is 21.4. The van der Waals surface area contributed by atoms with Crippen molar-refractivity contribution >= 4 is 23.7 Å². The molecule has 0 saturated heterocycles. The number of rotatable bonds is 13. The van der Waals surface area contributed by atoms with Gasteiger partial charge in [-0.3, -0.25) is 0 Å². The SMILES string of the molecule is CCCC[N+](C)(CCCC)CCCC.O=C(O)c1ccccc1Sc1ccccc1C(=O)O. The Kier molecular flexibility index (Phi) is 13.5. The molecule has 2 N–H and O–H groups in total. The lowest BCUT2D eigenvalue weighted by atomic mass is 10.2. The Balaban J connectivity index is 0.000000349. The summed E-state index contributed by atoms with van der Waals surface area (Å²) in [7, 11) is 2.45. The fraction of sp³-hybridized carbons (Fsp3) is 0.481. The van der Waals surface area contributed by atoms with Crippen LogP contribution in [-0.2, 0) is 0 Å². The molecule has 0 bridgehead atoms. The molecule has 2 aromatic rings. The van der Waals surface area contributed by atoms with Gasteiger partial charge in [0.25, 0.3) is 0 Å². The summed E-state index contributed by atoms with van der Waals surface area (Å²) in [5, 5.41) is 18.2. The van der Waals surface area contributed by atoms with E-state index in [9.17, 15) is 9.59 Å². The summed E-state index contributed by atoms with van der Waals surface area (Å²) in [5.41, 5.74) is 0.320. The van der Waals surface area contributed by atoms with Crippen molar-refractivity contribution in [1.82, 2.24) is 0 Å². The molecule has 0 amide bonds. The van der Waals surface area contributed by atoms with E-state index in [0.717, 1.165) is 11.8 Å². The summed E-state index contributed by atoms with van der Waals surface area (Å²) in [5.74, 6) is -2.06. The van der Waals surface area contributed by atoms with Crippen LogP contribution in [0.3, 0.4) is 0 Å². The molecule has 0 saturated carbocycles. The summed E-state index contributed by atoms with van der Waals surface area (Å²) in [6, 6.07) is 13.0. The van der Waals surface area contributed by atoms with Gasteiger partial charge in [-0.1, -0.05) is 76.1 Å². The second kappa shape index (κ2) is 15.5. The Morgan fingerprint density at radius 2 is 1.03 bits per heavy atom. The third-order valence-electron chi connectivity index (χ3n) is 5.61. The molecule has 0 aliphatic rings. The van der Waals surface area contributed by atoms with Gasteiger partial charge in [0.1, 0.15) is 0 Å². The zero-order valence-electron chi connectivity index (χ0n) is 20.5. The topological polar surface area (TPSA) is 74.6 Å². The Labute approximate surface area is 203 Å². The van der Waals surface area contributed by atoms with Gasteiger partial charge in [0.2, 0.25) is 0 Å². The Morgan fingerprint density at radius 1 is 0.697 bits per heavy atom. The number of quaternary nitrogens is 1. The van der Waals surface area contributed by atoms with E-state index in [1.54, 1.807) is 36.4 Å². The van der Waals surface area contributed by atoms with Crippen molar-refractivity contribution in [3.8, 4) is 0 Å². The highest BCUT2D eigenvalue weighted by Gasteiger charge is 2.19. The zero-order chi connectivity index (χ0) is 24.7. The van der Waals surface area contributed by atoms with Crippen LogP contribution < -0.4 is 0 Å². The minimum atomic E-state index is -1.03. The maximum atomic E-state index is 11.1. The van der Waals surface area contributed by atoms with Gasteiger partial charge in [0, 0.05) is 9.79 Å². The number of unbranched alkanes of at least 4 members (excludes halogenated alkanes) is 3. The minimum absolute atomic E-state index is 0.160. The maximum Gasteiger partial charge on any atom is 0.336 e. The number of benzene rings is 2. The lowest BCUT2D eigenvalue weighted by Gasteiger charge is -2.34. The van der Waals surface area contributed by atoms with E-state index >= 15 is 0 Å². The third-order valence-corrected chi connectivity index (χ3v) is 6.76. The van der Waals surface area contributed by atoms with Gasteiger partial charge in [-0.15, -0.1) is 0 Å². The predicted octanol–water partition coefficient (Wildman–Crippen LogP) is 7.07. The highest BCUT2D eigenvalue weighted by Crippen LogP contribution is 2.32. The summed E-state index contributed by atoms with van der Waals surface area (Å²) < 4.78 is 1.32.